The molecule has 0 aliphatic rings. The molecule has 0 atom stereocenters. The number of rotatable bonds is 6. The standard InChI is InChI=1S/C18H17NO5/c1-2-23-17(21)10-11-18(22)24-12-16(20)19-15-9-5-7-13-6-3-4-8-14(13)15/h3-11H,2,12H2,1H3,(H,19,20)/b11-10+. The molecule has 0 radical (unpaired) electrons. The molecule has 124 valence electrons. The minimum atomic E-state index is -0.795. The summed E-state index contributed by atoms with van der Waals surface area (Å²) in [6.07, 6.45) is 1.87. The zero-order chi connectivity index (χ0) is 17.4. The van der Waals surface area contributed by atoms with Gasteiger partial charge in [-0.15, -0.1) is 0 Å². The fourth-order valence-electron chi connectivity index (χ4n) is 2.03. The van der Waals surface area contributed by atoms with E-state index in [1.807, 2.05) is 36.4 Å². The summed E-state index contributed by atoms with van der Waals surface area (Å²) in [5.74, 6) is -1.91. The lowest BCUT2D eigenvalue weighted by Gasteiger charge is -2.08. The summed E-state index contributed by atoms with van der Waals surface area (Å²) >= 11 is 0. The van der Waals surface area contributed by atoms with Crippen molar-refractivity contribution in [2.45, 2.75) is 6.92 Å². The van der Waals surface area contributed by atoms with Crippen LogP contribution in [-0.2, 0) is 23.9 Å². The van der Waals surface area contributed by atoms with Gasteiger partial charge in [0, 0.05) is 23.2 Å². The fraction of sp³-hybridized carbons (Fsp3) is 0.167. The van der Waals surface area contributed by atoms with E-state index in [1.54, 1.807) is 13.0 Å². The maximum Gasteiger partial charge on any atom is 0.331 e. The SMILES string of the molecule is CCOC(=O)/C=C/C(=O)OCC(=O)Nc1cccc2ccccc12. The number of hydrogen-bond donors (Lipinski definition) is 1. The summed E-state index contributed by atoms with van der Waals surface area (Å²) in [5, 5.41) is 4.57. The van der Waals surface area contributed by atoms with Crippen molar-refractivity contribution in [2.75, 3.05) is 18.5 Å². The third-order valence-electron chi connectivity index (χ3n) is 3.05. The predicted octanol–water partition coefficient (Wildman–Crippen LogP) is 2.44. The van der Waals surface area contributed by atoms with Gasteiger partial charge in [-0.1, -0.05) is 36.4 Å². The minimum Gasteiger partial charge on any atom is -0.463 e. The molecule has 24 heavy (non-hydrogen) atoms. The Morgan fingerprint density at radius 1 is 0.958 bits per heavy atom. The van der Waals surface area contributed by atoms with Gasteiger partial charge >= 0.3 is 11.9 Å². The number of carbonyl (C=O) groups excluding carboxylic acids is 3. The first-order valence-electron chi connectivity index (χ1n) is 7.39. The number of hydrogen-bond acceptors (Lipinski definition) is 5. The largest absolute Gasteiger partial charge is 0.463 e. The highest BCUT2D eigenvalue weighted by Crippen LogP contribution is 2.22. The molecular weight excluding hydrogens is 310 g/mol. The first-order valence-corrected chi connectivity index (χ1v) is 7.39. The number of fused-ring (bicyclic) bond motifs is 1. The van der Waals surface area contributed by atoms with E-state index in [9.17, 15) is 14.4 Å². The van der Waals surface area contributed by atoms with Gasteiger partial charge in [-0.2, -0.15) is 0 Å². The topological polar surface area (TPSA) is 81.7 Å². The molecule has 2 rings (SSSR count). The van der Waals surface area contributed by atoms with Crippen LogP contribution >= 0.6 is 0 Å². The van der Waals surface area contributed by atoms with Gasteiger partial charge in [0.25, 0.3) is 5.91 Å². The molecule has 0 heterocycles. The Morgan fingerprint density at radius 2 is 1.62 bits per heavy atom. The molecule has 0 saturated carbocycles. The summed E-state index contributed by atoms with van der Waals surface area (Å²) in [6.45, 7) is 1.42. The first-order chi connectivity index (χ1) is 11.6. The van der Waals surface area contributed by atoms with Crippen molar-refractivity contribution in [3.63, 3.8) is 0 Å². The predicted molar refractivity (Wildman–Crippen MR) is 89.3 cm³/mol. The highest BCUT2D eigenvalue weighted by atomic mass is 16.5. The molecule has 0 unspecified atom stereocenters. The summed E-state index contributed by atoms with van der Waals surface area (Å²) in [7, 11) is 0. The second-order valence-electron chi connectivity index (χ2n) is 4.77. The monoisotopic (exact) mass is 327 g/mol. The van der Waals surface area contributed by atoms with Crippen molar-refractivity contribution >= 4 is 34.3 Å². The van der Waals surface area contributed by atoms with Crippen molar-refractivity contribution in [2.24, 2.45) is 0 Å². The molecular formula is C18H17NO5. The summed E-state index contributed by atoms with van der Waals surface area (Å²) < 4.78 is 9.40. The van der Waals surface area contributed by atoms with E-state index >= 15 is 0 Å². The maximum atomic E-state index is 11.9. The normalized spacial score (nSPS) is 10.5. The van der Waals surface area contributed by atoms with Crippen molar-refractivity contribution in [1.29, 1.82) is 0 Å². The molecule has 1 N–H and O–H groups in total. The molecule has 0 bridgehead atoms. The Labute approximate surface area is 139 Å². The average molecular weight is 327 g/mol. The Balaban J connectivity index is 1.89. The molecule has 0 saturated heterocycles. The van der Waals surface area contributed by atoms with Crippen LogP contribution in [0.3, 0.4) is 0 Å². The van der Waals surface area contributed by atoms with E-state index in [0.29, 0.717) is 5.69 Å². The molecule has 0 fully saturated rings. The highest BCUT2D eigenvalue weighted by Gasteiger charge is 2.08. The van der Waals surface area contributed by atoms with Gasteiger partial charge in [-0.25, -0.2) is 9.59 Å². The third kappa shape index (κ3) is 4.95. The summed E-state index contributed by atoms with van der Waals surface area (Å²) in [6, 6.07) is 13.1. The van der Waals surface area contributed by atoms with Gasteiger partial charge in [-0.3, -0.25) is 4.79 Å². The number of esters is 2. The second-order valence-corrected chi connectivity index (χ2v) is 4.77. The van der Waals surface area contributed by atoms with Crippen molar-refractivity contribution in [3.8, 4) is 0 Å². The number of carbonyl (C=O) groups is 3. The molecule has 0 aliphatic heterocycles. The van der Waals surface area contributed by atoms with Crippen LogP contribution in [0, 0.1) is 0 Å². The second kappa shape index (κ2) is 8.47. The smallest absolute Gasteiger partial charge is 0.331 e. The molecule has 6 heteroatoms. The van der Waals surface area contributed by atoms with Gasteiger partial charge in [0.1, 0.15) is 0 Å². The zero-order valence-corrected chi connectivity index (χ0v) is 13.2. The van der Waals surface area contributed by atoms with Crippen LogP contribution in [0.4, 0.5) is 5.69 Å². The lowest BCUT2D eigenvalue weighted by Crippen LogP contribution is -2.20. The molecule has 6 nitrogen and oxygen atoms in total. The molecule has 1 amide bonds. The summed E-state index contributed by atoms with van der Waals surface area (Å²) in [5.41, 5.74) is 0.635. The van der Waals surface area contributed by atoms with E-state index in [-0.39, 0.29) is 6.61 Å². The molecule has 0 spiro atoms. The van der Waals surface area contributed by atoms with E-state index < -0.39 is 24.5 Å². The van der Waals surface area contributed by atoms with Crippen LogP contribution in [0.5, 0.6) is 0 Å². The van der Waals surface area contributed by atoms with Crippen molar-refractivity contribution < 1.29 is 23.9 Å². The maximum absolute atomic E-state index is 11.9. The van der Waals surface area contributed by atoms with Gasteiger partial charge in [0.15, 0.2) is 6.61 Å². The first kappa shape index (κ1) is 17.2. The molecule has 2 aromatic rings. The Hall–Kier alpha value is -3.15. The lowest BCUT2D eigenvalue weighted by molar-refractivity contribution is -0.143. The van der Waals surface area contributed by atoms with Crippen LogP contribution < -0.4 is 5.32 Å². The number of nitrogens with one attached hydrogen (secondary N) is 1. The van der Waals surface area contributed by atoms with Crippen molar-refractivity contribution in [1.82, 2.24) is 0 Å². The van der Waals surface area contributed by atoms with Crippen LogP contribution in [-0.4, -0.2) is 31.1 Å². The van der Waals surface area contributed by atoms with E-state index in [2.05, 4.69) is 10.1 Å². The Bertz CT molecular complexity index is 777. The molecule has 0 aliphatic carbocycles. The van der Waals surface area contributed by atoms with Crippen molar-refractivity contribution in [3.05, 3.63) is 54.6 Å². The van der Waals surface area contributed by atoms with E-state index in [0.717, 1.165) is 22.9 Å². The Morgan fingerprint density at radius 3 is 2.38 bits per heavy atom. The van der Waals surface area contributed by atoms with Crippen LogP contribution in [0.25, 0.3) is 10.8 Å². The van der Waals surface area contributed by atoms with Crippen LogP contribution in [0.2, 0.25) is 0 Å². The minimum absolute atomic E-state index is 0.214. The van der Waals surface area contributed by atoms with Gasteiger partial charge in [-0.05, 0) is 18.4 Å². The fourth-order valence-corrected chi connectivity index (χ4v) is 2.03. The van der Waals surface area contributed by atoms with Gasteiger partial charge in [0.05, 0.1) is 6.61 Å². The zero-order valence-electron chi connectivity index (χ0n) is 13.2. The molecule has 0 aromatic heterocycles. The van der Waals surface area contributed by atoms with E-state index in [4.69, 9.17) is 4.74 Å². The van der Waals surface area contributed by atoms with Crippen LogP contribution in [0.1, 0.15) is 6.92 Å². The average Bonchev–Trinajstić information content (AvgIpc) is 2.59. The highest BCUT2D eigenvalue weighted by molar-refractivity contribution is 6.03. The van der Waals surface area contributed by atoms with Gasteiger partial charge < -0.3 is 14.8 Å². The lowest BCUT2D eigenvalue weighted by atomic mass is 10.1. The summed E-state index contributed by atoms with van der Waals surface area (Å²) in [4.78, 5) is 34.4. The van der Waals surface area contributed by atoms with E-state index in [1.165, 1.54) is 0 Å². The Kier molecular flexibility index (Phi) is 6.08. The quantitative estimate of drug-likeness (QED) is 0.651. The number of benzene rings is 2. The molecule has 2 aromatic carbocycles. The third-order valence-corrected chi connectivity index (χ3v) is 3.05. The number of anilines is 1. The van der Waals surface area contributed by atoms with Gasteiger partial charge in [0.2, 0.25) is 0 Å². The number of amides is 1. The van der Waals surface area contributed by atoms with Crippen LogP contribution in [0.15, 0.2) is 54.6 Å². The number of ether oxygens (including phenoxy) is 2.